The average molecular weight is 320 g/mol. The van der Waals surface area contributed by atoms with Gasteiger partial charge in [-0.3, -0.25) is 9.69 Å². The maximum atomic E-state index is 11.8. The minimum Gasteiger partial charge on any atom is -0.480 e. The molecule has 124 valence electrons. The van der Waals surface area contributed by atoms with Crippen LogP contribution in [0, 0.1) is 0 Å². The quantitative estimate of drug-likeness (QED) is 0.649. The molecule has 0 aromatic rings. The molecule has 1 fully saturated rings. The molecule has 1 rings (SSSR count). The number of carbonyl (C=O) groups is 1. The first-order chi connectivity index (χ1) is 9.90. The summed E-state index contributed by atoms with van der Waals surface area (Å²) in [6.45, 7) is 5.62. The summed E-state index contributed by atoms with van der Waals surface area (Å²) < 4.78 is 25.2. The van der Waals surface area contributed by atoms with E-state index >= 15 is 0 Å². The van der Waals surface area contributed by atoms with Crippen LogP contribution < -0.4 is 0 Å². The van der Waals surface area contributed by atoms with Crippen LogP contribution in [0.5, 0.6) is 0 Å². The number of carboxylic acids is 1. The molecule has 1 aliphatic heterocycles. The Balaban J connectivity index is 2.55. The van der Waals surface area contributed by atoms with E-state index in [1.807, 2.05) is 4.90 Å². The van der Waals surface area contributed by atoms with Crippen LogP contribution >= 0.6 is 0 Å². The van der Waals surface area contributed by atoms with Gasteiger partial charge in [-0.15, -0.1) is 0 Å². The van der Waals surface area contributed by atoms with E-state index in [4.69, 9.17) is 5.11 Å². The molecular weight excluding hydrogens is 292 g/mol. The molecule has 21 heavy (non-hydrogen) atoms. The van der Waals surface area contributed by atoms with Crippen LogP contribution in [0.15, 0.2) is 0 Å². The Hall–Kier alpha value is -0.660. The van der Waals surface area contributed by atoms with Crippen molar-refractivity contribution in [2.45, 2.75) is 52.0 Å². The molecule has 0 amide bonds. The van der Waals surface area contributed by atoms with Crippen LogP contribution in [0.2, 0.25) is 0 Å². The van der Waals surface area contributed by atoms with Crippen molar-refractivity contribution in [3.63, 3.8) is 0 Å². The number of nitrogens with zero attached hydrogens (tertiary/aromatic N) is 2. The Labute approximate surface area is 128 Å². The molecule has 0 spiro atoms. The van der Waals surface area contributed by atoms with Crippen LogP contribution in [-0.2, 0) is 14.8 Å². The molecule has 1 N–H and O–H groups in total. The second kappa shape index (κ2) is 8.70. The van der Waals surface area contributed by atoms with Gasteiger partial charge >= 0.3 is 5.97 Å². The van der Waals surface area contributed by atoms with E-state index in [9.17, 15) is 13.2 Å². The van der Waals surface area contributed by atoms with Gasteiger partial charge in [-0.2, -0.15) is 0 Å². The number of aliphatic carboxylic acids is 1. The molecule has 6 nitrogen and oxygen atoms in total. The van der Waals surface area contributed by atoms with Crippen molar-refractivity contribution in [1.29, 1.82) is 0 Å². The van der Waals surface area contributed by atoms with Crippen LogP contribution in [-0.4, -0.2) is 66.7 Å². The summed E-state index contributed by atoms with van der Waals surface area (Å²) in [5.41, 5.74) is 0. The molecule has 0 saturated carbocycles. The second-order valence-electron chi connectivity index (χ2n) is 5.60. The average Bonchev–Trinajstić information content (AvgIpc) is 2.46. The maximum Gasteiger partial charge on any atom is 0.317 e. The Morgan fingerprint density at radius 1 is 1.24 bits per heavy atom. The smallest absolute Gasteiger partial charge is 0.317 e. The highest BCUT2D eigenvalue weighted by Crippen LogP contribution is 2.19. The summed E-state index contributed by atoms with van der Waals surface area (Å²) in [7, 11) is -3.12. The molecule has 0 unspecified atom stereocenters. The lowest BCUT2D eigenvalue weighted by molar-refractivity contribution is -0.139. The Morgan fingerprint density at radius 2 is 1.86 bits per heavy atom. The van der Waals surface area contributed by atoms with Crippen molar-refractivity contribution in [2.75, 3.05) is 31.9 Å². The van der Waals surface area contributed by atoms with Crippen molar-refractivity contribution in [3.8, 4) is 0 Å². The van der Waals surface area contributed by atoms with Gasteiger partial charge in [0.05, 0.1) is 12.3 Å². The lowest BCUT2D eigenvalue weighted by atomic mass is 10.0. The molecule has 1 heterocycles. The van der Waals surface area contributed by atoms with Gasteiger partial charge in [0, 0.05) is 19.1 Å². The first-order valence-electron chi connectivity index (χ1n) is 7.84. The van der Waals surface area contributed by atoms with E-state index in [0.29, 0.717) is 13.1 Å². The zero-order valence-electron chi connectivity index (χ0n) is 13.1. The number of hydrogen-bond acceptors (Lipinski definition) is 4. The van der Waals surface area contributed by atoms with Gasteiger partial charge in [-0.05, 0) is 32.7 Å². The number of piperidine rings is 1. The summed E-state index contributed by atoms with van der Waals surface area (Å²) in [5.74, 6) is -0.678. The largest absolute Gasteiger partial charge is 0.480 e. The molecule has 0 atom stereocenters. The van der Waals surface area contributed by atoms with Gasteiger partial charge in [0.25, 0.3) is 0 Å². The van der Waals surface area contributed by atoms with Crippen molar-refractivity contribution < 1.29 is 18.3 Å². The fraction of sp³-hybridized carbons (Fsp3) is 0.929. The van der Waals surface area contributed by atoms with Crippen molar-refractivity contribution in [3.05, 3.63) is 0 Å². The zero-order chi connectivity index (χ0) is 15.9. The van der Waals surface area contributed by atoms with E-state index in [1.165, 1.54) is 4.31 Å². The van der Waals surface area contributed by atoms with Gasteiger partial charge < -0.3 is 5.11 Å². The summed E-state index contributed by atoms with van der Waals surface area (Å²) >= 11 is 0. The Kier molecular flexibility index (Phi) is 7.62. The zero-order valence-corrected chi connectivity index (χ0v) is 13.9. The lowest BCUT2D eigenvalue weighted by Gasteiger charge is -2.37. The van der Waals surface area contributed by atoms with Gasteiger partial charge in [0.2, 0.25) is 10.0 Å². The molecule has 0 bridgehead atoms. The highest BCUT2D eigenvalue weighted by Gasteiger charge is 2.30. The molecule has 1 saturated heterocycles. The third kappa shape index (κ3) is 5.92. The number of sulfonamides is 1. The molecule has 7 heteroatoms. The fourth-order valence-electron chi connectivity index (χ4n) is 2.80. The summed E-state index contributed by atoms with van der Waals surface area (Å²) in [5, 5.41) is 9.04. The predicted octanol–water partition coefficient (Wildman–Crippen LogP) is 1.38. The first kappa shape index (κ1) is 18.4. The van der Waals surface area contributed by atoms with Crippen molar-refractivity contribution >= 4 is 16.0 Å². The van der Waals surface area contributed by atoms with E-state index in [1.54, 1.807) is 6.92 Å². The number of unbranched alkanes of at least 4 members (excludes halogenated alkanes) is 2. The normalized spacial score (nSPS) is 18.2. The Bertz CT molecular complexity index is 417. The van der Waals surface area contributed by atoms with Crippen LogP contribution in [0.3, 0.4) is 0 Å². The van der Waals surface area contributed by atoms with Gasteiger partial charge in [0.1, 0.15) is 0 Å². The van der Waals surface area contributed by atoms with Crippen LogP contribution in [0.1, 0.15) is 46.0 Å². The SMILES string of the molecule is CCCCCN(CC(=O)O)C1CCN(S(=O)(=O)CC)CC1. The second-order valence-corrected chi connectivity index (χ2v) is 7.86. The number of carboxylic acid groups (broad SMARTS) is 1. The van der Waals surface area contributed by atoms with Crippen LogP contribution in [0.4, 0.5) is 0 Å². The topological polar surface area (TPSA) is 77.9 Å². The summed E-state index contributed by atoms with van der Waals surface area (Å²) in [6, 6.07) is 0.182. The molecule has 0 aromatic carbocycles. The third-order valence-corrected chi connectivity index (χ3v) is 5.97. The van der Waals surface area contributed by atoms with E-state index in [-0.39, 0.29) is 18.3 Å². The van der Waals surface area contributed by atoms with Gasteiger partial charge in [-0.1, -0.05) is 19.8 Å². The number of hydrogen-bond donors (Lipinski definition) is 1. The molecular formula is C14H28N2O4S. The summed E-state index contributed by atoms with van der Waals surface area (Å²) in [6.07, 6.45) is 4.64. The molecule has 0 aliphatic carbocycles. The fourth-order valence-corrected chi connectivity index (χ4v) is 3.93. The minimum absolute atomic E-state index is 0.0505. The summed E-state index contributed by atoms with van der Waals surface area (Å²) in [4.78, 5) is 13.0. The van der Waals surface area contributed by atoms with Crippen LogP contribution in [0.25, 0.3) is 0 Å². The monoisotopic (exact) mass is 320 g/mol. The first-order valence-corrected chi connectivity index (χ1v) is 9.45. The predicted molar refractivity (Wildman–Crippen MR) is 82.8 cm³/mol. The molecule has 0 aromatic heterocycles. The highest BCUT2D eigenvalue weighted by molar-refractivity contribution is 7.89. The lowest BCUT2D eigenvalue weighted by Crippen LogP contribution is -2.48. The van der Waals surface area contributed by atoms with Gasteiger partial charge in [-0.25, -0.2) is 12.7 Å². The van der Waals surface area contributed by atoms with Crippen molar-refractivity contribution in [2.24, 2.45) is 0 Å². The van der Waals surface area contributed by atoms with E-state index in [0.717, 1.165) is 38.6 Å². The Morgan fingerprint density at radius 3 is 2.33 bits per heavy atom. The number of rotatable bonds is 9. The van der Waals surface area contributed by atoms with E-state index in [2.05, 4.69) is 6.92 Å². The maximum absolute atomic E-state index is 11.8. The third-order valence-electron chi connectivity index (χ3n) is 4.09. The van der Waals surface area contributed by atoms with Crippen molar-refractivity contribution in [1.82, 2.24) is 9.21 Å². The minimum atomic E-state index is -3.12. The standard InChI is InChI=1S/C14H28N2O4S/c1-3-5-6-9-15(12-14(17)18)13-7-10-16(11-8-13)21(19,20)4-2/h13H,3-12H2,1-2H3,(H,17,18). The molecule has 1 aliphatic rings. The van der Waals surface area contributed by atoms with Gasteiger partial charge in [0.15, 0.2) is 0 Å². The molecule has 0 radical (unpaired) electrons. The highest BCUT2D eigenvalue weighted by atomic mass is 32.2. The van der Waals surface area contributed by atoms with E-state index < -0.39 is 16.0 Å².